The number of carbonyl (C=O) groups excluding carboxylic acids is 1. The summed E-state index contributed by atoms with van der Waals surface area (Å²) < 4.78 is 34.5. The molecule has 0 amide bonds. The average molecular weight is 428 g/mol. The molecule has 0 saturated heterocycles. The SMILES string of the molecule is CCOC(=O)c1cnn(-c2ccc3ccccc3n2)c1NS(=O)(=O)c1cccs1. The minimum absolute atomic E-state index is 0.00180. The lowest BCUT2D eigenvalue weighted by atomic mass is 10.2. The number of aromatic nitrogens is 3. The number of esters is 1. The number of anilines is 1. The Bertz CT molecular complexity index is 1280. The van der Waals surface area contributed by atoms with Gasteiger partial charge >= 0.3 is 5.97 Å². The zero-order valence-electron chi connectivity index (χ0n) is 15.3. The smallest absolute Gasteiger partial charge is 0.343 e. The quantitative estimate of drug-likeness (QED) is 0.472. The van der Waals surface area contributed by atoms with Crippen LogP contribution in [-0.2, 0) is 14.8 Å². The monoisotopic (exact) mass is 428 g/mol. The third-order valence-corrected chi connectivity index (χ3v) is 6.79. The summed E-state index contributed by atoms with van der Waals surface area (Å²) in [5.74, 6) is -0.342. The summed E-state index contributed by atoms with van der Waals surface area (Å²) in [6.45, 7) is 1.82. The lowest BCUT2D eigenvalue weighted by Crippen LogP contribution is -2.18. The van der Waals surface area contributed by atoms with Crippen LogP contribution < -0.4 is 4.72 Å². The molecule has 0 atom stereocenters. The van der Waals surface area contributed by atoms with Crippen LogP contribution in [0, 0.1) is 0 Å². The molecule has 0 fully saturated rings. The van der Waals surface area contributed by atoms with Gasteiger partial charge in [0.15, 0.2) is 11.6 Å². The maximum absolute atomic E-state index is 12.8. The van der Waals surface area contributed by atoms with Gasteiger partial charge in [0, 0.05) is 5.39 Å². The molecule has 0 radical (unpaired) electrons. The molecule has 0 saturated carbocycles. The van der Waals surface area contributed by atoms with E-state index in [0.29, 0.717) is 11.3 Å². The molecule has 1 N–H and O–H groups in total. The Morgan fingerprint density at radius 2 is 2.00 bits per heavy atom. The molecule has 29 heavy (non-hydrogen) atoms. The molecular weight excluding hydrogens is 412 g/mol. The molecule has 0 spiro atoms. The molecule has 0 aliphatic heterocycles. The Kier molecular flexibility index (Phi) is 5.03. The van der Waals surface area contributed by atoms with Crippen molar-refractivity contribution in [1.82, 2.24) is 14.8 Å². The van der Waals surface area contributed by atoms with E-state index in [1.165, 1.54) is 16.9 Å². The second kappa shape index (κ2) is 7.64. The van der Waals surface area contributed by atoms with E-state index in [2.05, 4.69) is 14.8 Å². The zero-order valence-corrected chi connectivity index (χ0v) is 16.9. The number of fused-ring (bicyclic) bond motifs is 1. The van der Waals surface area contributed by atoms with Gasteiger partial charge in [0.25, 0.3) is 10.0 Å². The molecule has 3 aromatic heterocycles. The summed E-state index contributed by atoms with van der Waals surface area (Å²) in [4.78, 5) is 16.9. The van der Waals surface area contributed by atoms with Gasteiger partial charge in [-0.05, 0) is 36.6 Å². The van der Waals surface area contributed by atoms with E-state index in [1.807, 2.05) is 30.3 Å². The van der Waals surface area contributed by atoms with E-state index >= 15 is 0 Å². The van der Waals surface area contributed by atoms with Crippen LogP contribution in [0.15, 0.2) is 64.3 Å². The number of carbonyl (C=O) groups is 1. The highest BCUT2D eigenvalue weighted by molar-refractivity contribution is 7.94. The number of ether oxygens (including phenoxy) is 1. The molecule has 1 aromatic carbocycles. The first-order valence-electron chi connectivity index (χ1n) is 8.67. The van der Waals surface area contributed by atoms with Crippen LogP contribution in [0.2, 0.25) is 0 Å². The van der Waals surface area contributed by atoms with E-state index in [0.717, 1.165) is 16.7 Å². The van der Waals surface area contributed by atoms with Crippen molar-refractivity contribution in [2.75, 3.05) is 11.3 Å². The predicted octanol–water partition coefficient (Wildman–Crippen LogP) is 3.46. The molecule has 0 aliphatic rings. The molecule has 3 heterocycles. The van der Waals surface area contributed by atoms with Gasteiger partial charge < -0.3 is 4.74 Å². The van der Waals surface area contributed by atoms with Gasteiger partial charge in [-0.15, -0.1) is 11.3 Å². The molecule has 8 nitrogen and oxygen atoms in total. The summed E-state index contributed by atoms with van der Waals surface area (Å²) in [6, 6.07) is 14.2. The molecule has 148 valence electrons. The van der Waals surface area contributed by atoms with Gasteiger partial charge in [-0.3, -0.25) is 4.72 Å². The standard InChI is InChI=1S/C19H16N4O4S2/c1-2-27-19(24)14-12-20-23(16-10-9-13-6-3-4-7-15(13)21-16)18(14)22-29(25,26)17-8-5-11-28-17/h3-12,22H,2H2,1H3. The number of pyridine rings is 1. The number of para-hydroxylation sites is 1. The van der Waals surface area contributed by atoms with Crippen LogP contribution in [0.25, 0.3) is 16.7 Å². The van der Waals surface area contributed by atoms with Crippen molar-refractivity contribution < 1.29 is 17.9 Å². The summed E-state index contributed by atoms with van der Waals surface area (Å²) >= 11 is 1.07. The number of rotatable bonds is 6. The number of thiophene rings is 1. The molecule has 0 aliphatic carbocycles. The van der Waals surface area contributed by atoms with Crippen molar-refractivity contribution in [3.63, 3.8) is 0 Å². The van der Waals surface area contributed by atoms with Gasteiger partial charge in [-0.1, -0.05) is 24.3 Å². The normalized spacial score (nSPS) is 11.5. The van der Waals surface area contributed by atoms with E-state index in [9.17, 15) is 13.2 Å². The van der Waals surface area contributed by atoms with Crippen molar-refractivity contribution in [2.45, 2.75) is 11.1 Å². The van der Waals surface area contributed by atoms with Crippen LogP contribution in [0.4, 0.5) is 5.82 Å². The maximum Gasteiger partial charge on any atom is 0.343 e. The number of hydrogen-bond donors (Lipinski definition) is 1. The topological polar surface area (TPSA) is 103 Å². The summed E-state index contributed by atoms with van der Waals surface area (Å²) in [6.07, 6.45) is 1.27. The van der Waals surface area contributed by atoms with Crippen LogP contribution in [0.5, 0.6) is 0 Å². The highest BCUT2D eigenvalue weighted by Crippen LogP contribution is 2.26. The van der Waals surface area contributed by atoms with Crippen molar-refractivity contribution in [1.29, 1.82) is 0 Å². The van der Waals surface area contributed by atoms with Crippen molar-refractivity contribution in [3.05, 3.63) is 65.7 Å². The number of hydrogen-bond acceptors (Lipinski definition) is 7. The van der Waals surface area contributed by atoms with E-state index in [4.69, 9.17) is 4.74 Å². The van der Waals surface area contributed by atoms with Crippen molar-refractivity contribution in [3.8, 4) is 5.82 Å². The molecule has 10 heteroatoms. The first-order valence-corrected chi connectivity index (χ1v) is 11.0. The molecule has 4 rings (SSSR count). The highest BCUT2D eigenvalue weighted by atomic mass is 32.2. The van der Waals surface area contributed by atoms with E-state index in [-0.39, 0.29) is 22.2 Å². The van der Waals surface area contributed by atoms with Gasteiger partial charge in [0.05, 0.1) is 18.3 Å². The van der Waals surface area contributed by atoms with Gasteiger partial charge in [0.1, 0.15) is 9.77 Å². The lowest BCUT2D eigenvalue weighted by Gasteiger charge is -2.11. The Morgan fingerprint density at radius 1 is 1.17 bits per heavy atom. The van der Waals surface area contributed by atoms with Crippen LogP contribution in [0.1, 0.15) is 17.3 Å². The van der Waals surface area contributed by atoms with Gasteiger partial charge in [0.2, 0.25) is 0 Å². The largest absolute Gasteiger partial charge is 0.462 e. The molecule has 0 bridgehead atoms. The number of sulfonamides is 1. The highest BCUT2D eigenvalue weighted by Gasteiger charge is 2.26. The number of nitrogens with zero attached hydrogens (tertiary/aromatic N) is 3. The van der Waals surface area contributed by atoms with Crippen LogP contribution in [0.3, 0.4) is 0 Å². The van der Waals surface area contributed by atoms with Gasteiger partial charge in [-0.25, -0.2) is 18.2 Å². The minimum atomic E-state index is -3.91. The summed E-state index contributed by atoms with van der Waals surface area (Å²) in [5.41, 5.74) is 0.715. The zero-order chi connectivity index (χ0) is 20.4. The van der Waals surface area contributed by atoms with E-state index < -0.39 is 16.0 Å². The first-order chi connectivity index (χ1) is 14.0. The third kappa shape index (κ3) is 3.71. The van der Waals surface area contributed by atoms with Gasteiger partial charge in [-0.2, -0.15) is 9.78 Å². The summed E-state index contributed by atoms with van der Waals surface area (Å²) in [7, 11) is -3.91. The Hall–Kier alpha value is -3.24. The third-order valence-electron chi connectivity index (χ3n) is 4.06. The van der Waals surface area contributed by atoms with Crippen LogP contribution in [-0.4, -0.2) is 35.8 Å². The fourth-order valence-corrected chi connectivity index (χ4v) is 4.80. The fraction of sp³-hybridized carbons (Fsp3) is 0.105. The second-order valence-corrected chi connectivity index (χ2v) is 8.80. The predicted molar refractivity (Wildman–Crippen MR) is 110 cm³/mol. The molecule has 0 unspecified atom stereocenters. The molecular formula is C19H16N4O4S2. The first kappa shape index (κ1) is 19.1. The second-order valence-electron chi connectivity index (χ2n) is 5.94. The summed E-state index contributed by atoms with van der Waals surface area (Å²) in [5, 5.41) is 6.77. The lowest BCUT2D eigenvalue weighted by molar-refractivity contribution is 0.0527. The minimum Gasteiger partial charge on any atom is -0.462 e. The maximum atomic E-state index is 12.8. The fourth-order valence-electron chi connectivity index (χ4n) is 2.75. The van der Waals surface area contributed by atoms with Crippen molar-refractivity contribution >= 4 is 44.1 Å². The molecule has 4 aromatic rings. The Balaban J connectivity index is 1.84. The van der Waals surface area contributed by atoms with Crippen molar-refractivity contribution in [2.24, 2.45) is 0 Å². The number of benzene rings is 1. The van der Waals surface area contributed by atoms with E-state index in [1.54, 1.807) is 24.4 Å². The Labute approximate surface area is 170 Å². The number of nitrogens with one attached hydrogen (secondary N) is 1. The average Bonchev–Trinajstić information content (AvgIpc) is 3.38. The van der Waals surface area contributed by atoms with Crippen LogP contribution >= 0.6 is 11.3 Å². The Morgan fingerprint density at radius 3 is 2.76 bits per heavy atom.